The van der Waals surface area contributed by atoms with E-state index in [0.717, 1.165) is 0 Å². The third-order valence-electron chi connectivity index (χ3n) is 2.75. The average molecular weight is 240 g/mol. The van der Waals surface area contributed by atoms with Crippen molar-refractivity contribution in [1.29, 1.82) is 0 Å². The molecule has 1 fully saturated rings. The zero-order valence-corrected chi connectivity index (χ0v) is 9.42. The smallest absolute Gasteiger partial charge is 0.0345 e. The molecule has 0 spiro atoms. The fraction of sp³-hybridized carbons (Fsp3) is 0.455. The first-order valence-electron chi connectivity index (χ1n) is 4.73. The average Bonchev–Trinajstić information content (AvgIpc) is 2.51. The van der Waals surface area contributed by atoms with Crippen LogP contribution in [0, 0.1) is 0 Å². The molecule has 1 heterocycles. The predicted molar refractivity (Wildman–Crippen MR) is 58.7 cm³/mol. The van der Waals surface area contributed by atoms with E-state index in [2.05, 4.69) is 52.1 Å². The minimum Gasteiger partial charge on any atom is -0.299 e. The summed E-state index contributed by atoms with van der Waals surface area (Å²) in [6.07, 6.45) is 2.63. The maximum absolute atomic E-state index is 3.51. The lowest BCUT2D eigenvalue weighted by molar-refractivity contribution is 0.317. The molecule has 1 nitrogen and oxygen atoms in total. The highest BCUT2D eigenvalue weighted by atomic mass is 79.9. The molecule has 0 aliphatic carbocycles. The molecule has 1 aliphatic heterocycles. The molecular formula is C11H14BrN. The molecule has 0 N–H and O–H groups in total. The molecule has 13 heavy (non-hydrogen) atoms. The van der Waals surface area contributed by atoms with Crippen molar-refractivity contribution in [2.45, 2.75) is 18.9 Å². The molecule has 0 amide bonds. The van der Waals surface area contributed by atoms with E-state index >= 15 is 0 Å². The largest absolute Gasteiger partial charge is 0.299 e. The van der Waals surface area contributed by atoms with Gasteiger partial charge < -0.3 is 0 Å². The van der Waals surface area contributed by atoms with Gasteiger partial charge in [0.25, 0.3) is 0 Å². The van der Waals surface area contributed by atoms with Crippen molar-refractivity contribution >= 4 is 15.9 Å². The second-order valence-corrected chi connectivity index (χ2v) is 4.61. The summed E-state index contributed by atoms with van der Waals surface area (Å²) in [6.45, 7) is 1.23. The molecule has 2 rings (SSSR count). The van der Waals surface area contributed by atoms with Crippen molar-refractivity contribution in [2.75, 3.05) is 13.6 Å². The maximum atomic E-state index is 3.51. The fourth-order valence-corrected chi connectivity index (χ4v) is 2.46. The van der Waals surface area contributed by atoms with Crippen LogP contribution in [-0.4, -0.2) is 18.5 Å². The van der Waals surface area contributed by atoms with Gasteiger partial charge in [-0.25, -0.2) is 0 Å². The second kappa shape index (κ2) is 3.81. The van der Waals surface area contributed by atoms with Crippen LogP contribution in [0.3, 0.4) is 0 Å². The molecule has 1 atom stereocenters. The molecule has 1 saturated heterocycles. The minimum atomic E-state index is 0.637. The van der Waals surface area contributed by atoms with E-state index in [0.29, 0.717) is 6.04 Å². The first-order valence-corrected chi connectivity index (χ1v) is 5.52. The molecule has 2 heteroatoms. The minimum absolute atomic E-state index is 0.637. The van der Waals surface area contributed by atoms with Crippen LogP contribution < -0.4 is 0 Å². The van der Waals surface area contributed by atoms with Gasteiger partial charge in [-0.15, -0.1) is 0 Å². The Morgan fingerprint density at radius 3 is 2.92 bits per heavy atom. The maximum Gasteiger partial charge on any atom is 0.0345 e. The van der Waals surface area contributed by atoms with Gasteiger partial charge in [0.15, 0.2) is 0 Å². The Bertz CT molecular complexity index is 298. The van der Waals surface area contributed by atoms with Crippen LogP contribution in [0.25, 0.3) is 0 Å². The van der Waals surface area contributed by atoms with Crippen LogP contribution >= 0.6 is 15.9 Å². The van der Waals surface area contributed by atoms with Gasteiger partial charge in [-0.2, -0.15) is 0 Å². The number of nitrogens with zero attached hydrogens (tertiary/aromatic N) is 1. The van der Waals surface area contributed by atoms with Crippen molar-refractivity contribution in [3.8, 4) is 0 Å². The van der Waals surface area contributed by atoms with Gasteiger partial charge >= 0.3 is 0 Å². The lowest BCUT2D eigenvalue weighted by Crippen LogP contribution is -2.17. The Labute approximate surface area is 87.9 Å². The van der Waals surface area contributed by atoms with Crippen molar-refractivity contribution in [2.24, 2.45) is 0 Å². The van der Waals surface area contributed by atoms with E-state index in [4.69, 9.17) is 0 Å². The quantitative estimate of drug-likeness (QED) is 0.728. The van der Waals surface area contributed by atoms with Crippen molar-refractivity contribution in [1.82, 2.24) is 4.90 Å². The number of likely N-dealkylation sites (tertiary alicyclic amines) is 1. The van der Waals surface area contributed by atoms with E-state index < -0.39 is 0 Å². The number of halogens is 1. The van der Waals surface area contributed by atoms with Gasteiger partial charge in [-0.05, 0) is 44.1 Å². The van der Waals surface area contributed by atoms with Crippen LogP contribution in [0.15, 0.2) is 28.7 Å². The Balaban J connectivity index is 2.24. The van der Waals surface area contributed by atoms with Crippen LogP contribution in [0.1, 0.15) is 24.4 Å². The Kier molecular flexibility index (Phi) is 2.70. The van der Waals surface area contributed by atoms with Crippen molar-refractivity contribution < 1.29 is 0 Å². The summed E-state index contributed by atoms with van der Waals surface area (Å²) >= 11 is 3.51. The molecule has 1 aromatic rings. The summed E-state index contributed by atoms with van der Waals surface area (Å²) in [7, 11) is 2.21. The van der Waals surface area contributed by atoms with Crippen molar-refractivity contribution in [3.63, 3.8) is 0 Å². The summed E-state index contributed by atoms with van der Waals surface area (Å²) in [5.41, 5.74) is 1.44. The summed E-state index contributed by atoms with van der Waals surface area (Å²) in [6, 6.07) is 9.28. The predicted octanol–water partition coefficient (Wildman–Crippen LogP) is 3.22. The van der Waals surface area contributed by atoms with Crippen molar-refractivity contribution in [3.05, 3.63) is 34.3 Å². The number of hydrogen-bond acceptors (Lipinski definition) is 1. The summed E-state index contributed by atoms with van der Waals surface area (Å²) in [4.78, 5) is 2.43. The fourth-order valence-electron chi connectivity index (χ4n) is 2.05. The molecule has 0 saturated carbocycles. The van der Waals surface area contributed by atoms with Gasteiger partial charge in [0.2, 0.25) is 0 Å². The molecule has 0 radical (unpaired) electrons. The van der Waals surface area contributed by atoms with E-state index in [-0.39, 0.29) is 0 Å². The molecule has 1 aromatic carbocycles. The zero-order valence-electron chi connectivity index (χ0n) is 7.83. The number of rotatable bonds is 1. The Morgan fingerprint density at radius 1 is 1.46 bits per heavy atom. The molecular weight excluding hydrogens is 226 g/mol. The first kappa shape index (κ1) is 9.22. The van der Waals surface area contributed by atoms with E-state index in [9.17, 15) is 0 Å². The highest BCUT2D eigenvalue weighted by Crippen LogP contribution is 2.31. The highest BCUT2D eigenvalue weighted by Gasteiger charge is 2.22. The third kappa shape index (κ3) is 1.94. The first-order chi connectivity index (χ1) is 6.27. The van der Waals surface area contributed by atoms with Crippen LogP contribution in [0.4, 0.5) is 0 Å². The SMILES string of the molecule is CN1CCC[C@H]1c1cccc(Br)c1. The lowest BCUT2D eigenvalue weighted by Gasteiger charge is -2.19. The Hall–Kier alpha value is -0.340. The highest BCUT2D eigenvalue weighted by molar-refractivity contribution is 9.10. The van der Waals surface area contributed by atoms with Crippen LogP contribution in [0.2, 0.25) is 0 Å². The van der Waals surface area contributed by atoms with E-state index in [1.165, 1.54) is 29.4 Å². The van der Waals surface area contributed by atoms with Gasteiger partial charge in [0, 0.05) is 10.5 Å². The molecule has 70 valence electrons. The monoisotopic (exact) mass is 239 g/mol. The standard InChI is InChI=1S/C11H14BrN/c1-13-7-3-6-11(13)9-4-2-5-10(12)8-9/h2,4-5,8,11H,3,6-7H2,1H3/t11-/m0/s1. The summed E-state index contributed by atoms with van der Waals surface area (Å²) in [5.74, 6) is 0. The second-order valence-electron chi connectivity index (χ2n) is 3.69. The van der Waals surface area contributed by atoms with Crippen LogP contribution in [0.5, 0.6) is 0 Å². The normalized spacial score (nSPS) is 23.7. The molecule has 0 unspecified atom stereocenters. The molecule has 1 aliphatic rings. The van der Waals surface area contributed by atoms with Gasteiger partial charge in [-0.1, -0.05) is 28.1 Å². The van der Waals surface area contributed by atoms with Gasteiger partial charge in [0.1, 0.15) is 0 Å². The lowest BCUT2D eigenvalue weighted by atomic mass is 10.1. The third-order valence-corrected chi connectivity index (χ3v) is 3.25. The van der Waals surface area contributed by atoms with Gasteiger partial charge in [0.05, 0.1) is 0 Å². The molecule has 0 bridgehead atoms. The zero-order chi connectivity index (χ0) is 9.26. The van der Waals surface area contributed by atoms with E-state index in [1.54, 1.807) is 0 Å². The van der Waals surface area contributed by atoms with Crippen LogP contribution in [-0.2, 0) is 0 Å². The topological polar surface area (TPSA) is 3.24 Å². The summed E-state index contributed by atoms with van der Waals surface area (Å²) in [5, 5.41) is 0. The molecule has 0 aromatic heterocycles. The van der Waals surface area contributed by atoms with E-state index in [1.807, 2.05) is 0 Å². The number of hydrogen-bond donors (Lipinski definition) is 0. The number of benzene rings is 1. The Morgan fingerprint density at radius 2 is 2.31 bits per heavy atom. The summed E-state index contributed by atoms with van der Waals surface area (Å²) < 4.78 is 1.19. The van der Waals surface area contributed by atoms with Gasteiger partial charge in [-0.3, -0.25) is 4.90 Å².